The van der Waals surface area contributed by atoms with Crippen LogP contribution < -0.4 is 9.80 Å². The molecule has 0 atom stereocenters. The Bertz CT molecular complexity index is 3840. The Morgan fingerprint density at radius 2 is 0.632 bits per heavy atom. The van der Waals surface area contributed by atoms with E-state index in [9.17, 15) is 0 Å². The number of nitrogens with zero attached hydrogens (tertiary/aromatic N) is 2. The molecule has 0 aliphatic heterocycles. The van der Waals surface area contributed by atoms with E-state index < -0.39 is 0 Å². The van der Waals surface area contributed by atoms with Crippen molar-refractivity contribution < 1.29 is 0 Å². The highest BCUT2D eigenvalue weighted by molar-refractivity contribution is 6.25. The molecule has 0 heterocycles. The summed E-state index contributed by atoms with van der Waals surface area (Å²) >= 11 is 0. The number of aryl methyl sites for hydroxylation is 4. The van der Waals surface area contributed by atoms with Crippen LogP contribution in [0.4, 0.5) is 34.1 Å². The normalized spacial score (nSPS) is 11.5. The van der Waals surface area contributed by atoms with Crippen LogP contribution in [0.5, 0.6) is 0 Å². The first-order valence-electron chi connectivity index (χ1n) is 23.7. The van der Waals surface area contributed by atoms with Crippen LogP contribution in [0.3, 0.4) is 0 Å². The lowest BCUT2D eigenvalue weighted by Crippen LogP contribution is -2.11. The lowest BCUT2D eigenvalue weighted by Gasteiger charge is -2.29. The second-order valence-corrected chi connectivity index (χ2v) is 18.5. The summed E-state index contributed by atoms with van der Waals surface area (Å²) in [4.78, 5) is 4.84. The highest BCUT2D eigenvalue weighted by Gasteiger charge is 2.23. The summed E-state index contributed by atoms with van der Waals surface area (Å²) in [6.45, 7) is 8.70. The standard InChI is InChI=1S/C66H50N2/c1-43-14-9-21-51(36-43)67(52-22-10-15-44(2)37-52)55-33-35-61-63(41-55)65(50-31-30-49-29-28-48-19-6-8-26-58(48)62(49)40-50)60-34-32-56(42-64(60)66(61)59-27-13-20-47-18-5-7-25-57(47)59)68(53-23-11-16-45(3)38-53)54-24-12-17-46(4)39-54/h5-42H,1-4H3. The van der Waals surface area contributed by atoms with E-state index in [0.717, 1.165) is 34.1 Å². The molecule has 12 aromatic carbocycles. The lowest BCUT2D eigenvalue weighted by molar-refractivity contribution is 1.26. The fourth-order valence-electron chi connectivity index (χ4n) is 10.6. The summed E-state index contributed by atoms with van der Waals surface area (Å²) in [5.74, 6) is 0. The zero-order valence-electron chi connectivity index (χ0n) is 38.8. The first-order chi connectivity index (χ1) is 33.3. The Morgan fingerprint density at radius 3 is 1.16 bits per heavy atom. The summed E-state index contributed by atoms with van der Waals surface area (Å²) in [6, 6.07) is 85.8. The van der Waals surface area contributed by atoms with E-state index in [0.29, 0.717) is 0 Å². The molecule has 0 aromatic heterocycles. The molecule has 324 valence electrons. The first-order valence-corrected chi connectivity index (χ1v) is 23.7. The fourth-order valence-corrected chi connectivity index (χ4v) is 10.6. The van der Waals surface area contributed by atoms with Crippen molar-refractivity contribution in [2.45, 2.75) is 27.7 Å². The zero-order chi connectivity index (χ0) is 45.9. The molecule has 0 spiro atoms. The van der Waals surface area contributed by atoms with Gasteiger partial charge in [0.15, 0.2) is 0 Å². The third-order valence-corrected chi connectivity index (χ3v) is 13.7. The molecule has 0 amide bonds. The highest BCUT2D eigenvalue weighted by Crippen LogP contribution is 2.50. The predicted octanol–water partition coefficient (Wildman–Crippen LogP) is 19.0. The summed E-state index contributed by atoms with van der Waals surface area (Å²) < 4.78 is 0. The molecule has 2 heteroatoms. The number of hydrogen-bond acceptors (Lipinski definition) is 2. The average molecular weight is 871 g/mol. The summed E-state index contributed by atoms with van der Waals surface area (Å²) in [5, 5.41) is 12.2. The minimum Gasteiger partial charge on any atom is -0.310 e. The number of rotatable bonds is 8. The molecule has 0 radical (unpaired) electrons. The number of anilines is 6. The van der Waals surface area contributed by atoms with Crippen LogP contribution in [-0.4, -0.2) is 0 Å². The van der Waals surface area contributed by atoms with E-state index in [4.69, 9.17) is 0 Å². The Morgan fingerprint density at radius 1 is 0.235 bits per heavy atom. The molecular weight excluding hydrogens is 821 g/mol. The van der Waals surface area contributed by atoms with E-state index in [1.54, 1.807) is 0 Å². The van der Waals surface area contributed by atoms with Crippen LogP contribution in [0.15, 0.2) is 231 Å². The van der Waals surface area contributed by atoms with Gasteiger partial charge in [-0.2, -0.15) is 0 Å². The van der Waals surface area contributed by atoms with Crippen molar-refractivity contribution in [1.82, 2.24) is 0 Å². The van der Waals surface area contributed by atoms with Gasteiger partial charge >= 0.3 is 0 Å². The Hall–Kier alpha value is -8.46. The molecule has 0 N–H and O–H groups in total. The second-order valence-electron chi connectivity index (χ2n) is 18.5. The van der Waals surface area contributed by atoms with Gasteiger partial charge in [0.1, 0.15) is 0 Å². The van der Waals surface area contributed by atoms with Gasteiger partial charge in [-0.1, -0.05) is 152 Å². The second kappa shape index (κ2) is 16.8. The summed E-state index contributed by atoms with van der Waals surface area (Å²) in [5.41, 5.74) is 16.4. The molecule has 0 unspecified atom stereocenters. The monoisotopic (exact) mass is 870 g/mol. The maximum Gasteiger partial charge on any atom is 0.0468 e. The van der Waals surface area contributed by atoms with Gasteiger partial charge in [-0.25, -0.2) is 0 Å². The average Bonchev–Trinajstić information content (AvgIpc) is 3.36. The minimum absolute atomic E-state index is 1.10. The van der Waals surface area contributed by atoms with Gasteiger partial charge in [0.25, 0.3) is 0 Å². The first kappa shape index (κ1) is 41.0. The largest absolute Gasteiger partial charge is 0.310 e. The SMILES string of the molecule is Cc1cccc(N(c2cccc(C)c2)c2ccc3c(-c4cccc5ccccc45)c4cc(N(c5cccc(C)c5)c5cccc(C)c5)ccc4c(-c4ccc5ccc6ccccc6c5c4)c3c2)c1. The van der Waals surface area contributed by atoms with Crippen LogP contribution in [-0.2, 0) is 0 Å². The van der Waals surface area contributed by atoms with E-state index in [1.807, 2.05) is 0 Å². The van der Waals surface area contributed by atoms with Gasteiger partial charge in [0.2, 0.25) is 0 Å². The van der Waals surface area contributed by atoms with Crippen LogP contribution in [0.25, 0.3) is 76.1 Å². The molecule has 0 bridgehead atoms. The van der Waals surface area contributed by atoms with Crippen LogP contribution in [0.2, 0.25) is 0 Å². The van der Waals surface area contributed by atoms with Crippen LogP contribution in [0.1, 0.15) is 22.3 Å². The van der Waals surface area contributed by atoms with Gasteiger partial charge in [-0.15, -0.1) is 0 Å². The molecular formula is C66H50N2. The van der Waals surface area contributed by atoms with Crippen molar-refractivity contribution in [2.24, 2.45) is 0 Å². The Balaban J connectivity index is 1.24. The highest BCUT2D eigenvalue weighted by atomic mass is 15.1. The van der Waals surface area contributed by atoms with E-state index in [-0.39, 0.29) is 0 Å². The van der Waals surface area contributed by atoms with E-state index in [1.165, 1.54) is 98.4 Å². The van der Waals surface area contributed by atoms with Crippen molar-refractivity contribution in [3.63, 3.8) is 0 Å². The lowest BCUT2D eigenvalue weighted by atomic mass is 9.83. The number of benzene rings is 12. The summed E-state index contributed by atoms with van der Waals surface area (Å²) in [7, 11) is 0. The van der Waals surface area contributed by atoms with E-state index in [2.05, 4.69) is 268 Å². The zero-order valence-corrected chi connectivity index (χ0v) is 38.8. The Labute approximate surface area is 398 Å². The van der Waals surface area contributed by atoms with Gasteiger partial charge < -0.3 is 9.80 Å². The van der Waals surface area contributed by atoms with Crippen LogP contribution in [0, 0.1) is 27.7 Å². The Kier molecular flexibility index (Phi) is 10.1. The molecule has 0 saturated heterocycles. The molecule has 2 nitrogen and oxygen atoms in total. The van der Waals surface area contributed by atoms with E-state index >= 15 is 0 Å². The molecule has 0 fully saturated rings. The van der Waals surface area contributed by atoms with Gasteiger partial charge in [0.05, 0.1) is 0 Å². The van der Waals surface area contributed by atoms with Crippen molar-refractivity contribution in [3.8, 4) is 22.3 Å². The topological polar surface area (TPSA) is 6.48 Å². The van der Waals surface area contributed by atoms with Crippen molar-refractivity contribution in [2.75, 3.05) is 9.80 Å². The van der Waals surface area contributed by atoms with Gasteiger partial charge in [0, 0.05) is 34.1 Å². The molecule has 0 aliphatic rings. The third kappa shape index (κ3) is 7.23. The van der Waals surface area contributed by atoms with Crippen LogP contribution >= 0.6 is 0 Å². The molecule has 0 saturated carbocycles. The molecule has 0 aliphatic carbocycles. The molecule has 12 aromatic rings. The molecule has 12 rings (SSSR count). The number of fused-ring (bicyclic) bond motifs is 6. The van der Waals surface area contributed by atoms with Gasteiger partial charge in [-0.05, 0) is 205 Å². The molecule has 68 heavy (non-hydrogen) atoms. The quantitative estimate of drug-likeness (QED) is 0.111. The maximum atomic E-state index is 2.45. The smallest absolute Gasteiger partial charge is 0.0468 e. The van der Waals surface area contributed by atoms with Crippen molar-refractivity contribution in [3.05, 3.63) is 253 Å². The minimum atomic E-state index is 1.10. The van der Waals surface area contributed by atoms with Gasteiger partial charge in [-0.3, -0.25) is 0 Å². The van der Waals surface area contributed by atoms with Crippen molar-refractivity contribution in [1.29, 1.82) is 0 Å². The van der Waals surface area contributed by atoms with Crippen molar-refractivity contribution >= 4 is 88.0 Å². The third-order valence-electron chi connectivity index (χ3n) is 13.7. The fraction of sp³-hybridized carbons (Fsp3) is 0.0606. The predicted molar refractivity (Wildman–Crippen MR) is 293 cm³/mol. The maximum absolute atomic E-state index is 2.45. The number of hydrogen-bond donors (Lipinski definition) is 0. The summed E-state index contributed by atoms with van der Waals surface area (Å²) in [6.07, 6.45) is 0.